The third-order valence-electron chi connectivity index (χ3n) is 3.33. The Kier molecular flexibility index (Phi) is 3.50. The monoisotopic (exact) mass is 287 g/mol. The molecule has 0 aliphatic rings. The number of rotatable bonds is 4. The first-order valence-electron chi connectivity index (χ1n) is 6.67. The molecule has 3 rings (SSSR count). The summed E-state index contributed by atoms with van der Waals surface area (Å²) in [4.78, 5) is 5.59. The molecule has 6 heteroatoms. The first-order chi connectivity index (χ1) is 9.67. The third-order valence-corrected chi connectivity index (χ3v) is 4.10. The Morgan fingerprint density at radius 2 is 2.25 bits per heavy atom. The van der Waals surface area contributed by atoms with Crippen LogP contribution in [-0.2, 0) is 12.8 Å². The fraction of sp³-hybridized carbons (Fsp3) is 0.357. The molecule has 0 amide bonds. The van der Waals surface area contributed by atoms with Crippen molar-refractivity contribution in [1.82, 2.24) is 19.6 Å². The van der Waals surface area contributed by atoms with Crippen LogP contribution >= 0.6 is 11.3 Å². The average Bonchev–Trinajstić information content (AvgIpc) is 2.99. The van der Waals surface area contributed by atoms with Crippen molar-refractivity contribution >= 4 is 16.3 Å². The molecule has 2 N–H and O–H groups in total. The van der Waals surface area contributed by atoms with E-state index in [9.17, 15) is 0 Å². The third kappa shape index (κ3) is 2.44. The zero-order valence-electron chi connectivity index (χ0n) is 11.6. The van der Waals surface area contributed by atoms with Gasteiger partial charge in [0.2, 0.25) is 0 Å². The van der Waals surface area contributed by atoms with E-state index in [0.717, 1.165) is 34.0 Å². The van der Waals surface area contributed by atoms with Crippen molar-refractivity contribution in [2.24, 2.45) is 5.73 Å². The summed E-state index contributed by atoms with van der Waals surface area (Å²) < 4.78 is 2.03. The minimum absolute atomic E-state index is 0.0937. The number of hydrogen-bond donors (Lipinski definition) is 1. The van der Waals surface area contributed by atoms with Gasteiger partial charge in [0.1, 0.15) is 0 Å². The van der Waals surface area contributed by atoms with Gasteiger partial charge in [-0.15, -0.1) is 11.3 Å². The van der Waals surface area contributed by atoms with Crippen molar-refractivity contribution in [3.8, 4) is 0 Å². The summed E-state index contributed by atoms with van der Waals surface area (Å²) in [5, 5.41) is 10.4. The van der Waals surface area contributed by atoms with E-state index in [4.69, 9.17) is 5.73 Å². The molecule has 0 aliphatic carbocycles. The van der Waals surface area contributed by atoms with E-state index < -0.39 is 0 Å². The van der Waals surface area contributed by atoms with Gasteiger partial charge >= 0.3 is 0 Å². The predicted octanol–water partition coefficient (Wildman–Crippen LogP) is 2.30. The van der Waals surface area contributed by atoms with Crippen LogP contribution in [0.2, 0.25) is 0 Å². The van der Waals surface area contributed by atoms with Crippen LogP contribution in [0.15, 0.2) is 23.8 Å². The standard InChI is InChI=1S/C14H17N5S/c1-3-13-11(6-9(2)17-18-13)12(15)7-10-8-19-4-5-20-14(19)16-10/h4-6,8,12H,3,7,15H2,1-2H3. The van der Waals surface area contributed by atoms with Gasteiger partial charge in [-0.25, -0.2) is 4.98 Å². The highest BCUT2D eigenvalue weighted by Crippen LogP contribution is 2.20. The summed E-state index contributed by atoms with van der Waals surface area (Å²) in [6.45, 7) is 4.01. The van der Waals surface area contributed by atoms with Crippen molar-refractivity contribution in [3.63, 3.8) is 0 Å². The molecule has 0 radical (unpaired) electrons. The quantitative estimate of drug-likeness (QED) is 0.799. The van der Waals surface area contributed by atoms with Crippen molar-refractivity contribution in [3.05, 3.63) is 46.5 Å². The van der Waals surface area contributed by atoms with Gasteiger partial charge in [0.25, 0.3) is 0 Å². The summed E-state index contributed by atoms with van der Waals surface area (Å²) in [6.07, 6.45) is 5.61. The second-order valence-electron chi connectivity index (χ2n) is 4.88. The molecule has 5 nitrogen and oxygen atoms in total. The molecule has 0 fully saturated rings. The number of nitrogens with zero attached hydrogens (tertiary/aromatic N) is 4. The van der Waals surface area contributed by atoms with Crippen molar-refractivity contribution in [1.29, 1.82) is 0 Å². The summed E-state index contributed by atoms with van der Waals surface area (Å²) in [7, 11) is 0. The van der Waals surface area contributed by atoms with E-state index in [1.807, 2.05) is 35.2 Å². The van der Waals surface area contributed by atoms with E-state index in [0.29, 0.717) is 6.42 Å². The Bertz CT molecular complexity index is 702. The van der Waals surface area contributed by atoms with Crippen LogP contribution in [-0.4, -0.2) is 19.6 Å². The molecule has 1 unspecified atom stereocenters. The molecule has 3 aromatic rings. The lowest BCUT2D eigenvalue weighted by atomic mass is 10.0. The molecule has 0 saturated carbocycles. The van der Waals surface area contributed by atoms with Gasteiger partial charge in [0.15, 0.2) is 4.96 Å². The van der Waals surface area contributed by atoms with Crippen molar-refractivity contribution < 1.29 is 0 Å². The first-order valence-corrected chi connectivity index (χ1v) is 7.55. The number of imidazole rings is 1. The minimum Gasteiger partial charge on any atom is -0.324 e. The largest absolute Gasteiger partial charge is 0.324 e. The lowest BCUT2D eigenvalue weighted by Crippen LogP contribution is -2.17. The fourth-order valence-electron chi connectivity index (χ4n) is 2.34. The predicted molar refractivity (Wildman–Crippen MR) is 79.8 cm³/mol. The summed E-state index contributed by atoms with van der Waals surface area (Å²) in [5.41, 5.74) is 10.3. The summed E-state index contributed by atoms with van der Waals surface area (Å²) >= 11 is 1.63. The molecule has 104 valence electrons. The molecular weight excluding hydrogens is 270 g/mol. The highest BCUT2D eigenvalue weighted by atomic mass is 32.1. The number of fused-ring (bicyclic) bond motifs is 1. The Morgan fingerprint density at radius 3 is 3.00 bits per heavy atom. The van der Waals surface area contributed by atoms with Crippen LogP contribution in [0, 0.1) is 6.92 Å². The molecular formula is C14H17N5S. The molecule has 1 atom stereocenters. The number of thiazole rings is 1. The Hall–Kier alpha value is -1.79. The zero-order valence-corrected chi connectivity index (χ0v) is 12.4. The number of hydrogen-bond acceptors (Lipinski definition) is 5. The molecule has 0 saturated heterocycles. The Morgan fingerprint density at radius 1 is 1.40 bits per heavy atom. The van der Waals surface area contributed by atoms with Gasteiger partial charge in [-0.3, -0.25) is 4.40 Å². The molecule has 20 heavy (non-hydrogen) atoms. The fourth-order valence-corrected chi connectivity index (χ4v) is 3.06. The zero-order chi connectivity index (χ0) is 14.1. The highest BCUT2D eigenvalue weighted by Gasteiger charge is 2.15. The van der Waals surface area contributed by atoms with Crippen LogP contribution in [0.5, 0.6) is 0 Å². The number of aryl methyl sites for hydroxylation is 2. The van der Waals surface area contributed by atoms with Crippen LogP contribution in [0.3, 0.4) is 0 Å². The highest BCUT2D eigenvalue weighted by molar-refractivity contribution is 7.15. The van der Waals surface area contributed by atoms with E-state index in [-0.39, 0.29) is 6.04 Å². The smallest absolute Gasteiger partial charge is 0.193 e. The van der Waals surface area contributed by atoms with Crippen molar-refractivity contribution in [2.75, 3.05) is 0 Å². The lowest BCUT2D eigenvalue weighted by molar-refractivity contribution is 0.683. The van der Waals surface area contributed by atoms with Gasteiger partial charge in [-0.1, -0.05) is 6.92 Å². The van der Waals surface area contributed by atoms with E-state index in [1.165, 1.54) is 0 Å². The van der Waals surface area contributed by atoms with E-state index in [1.54, 1.807) is 11.3 Å². The topological polar surface area (TPSA) is 69.1 Å². The van der Waals surface area contributed by atoms with E-state index >= 15 is 0 Å². The molecule has 0 spiro atoms. The molecule has 3 heterocycles. The molecule has 0 aromatic carbocycles. The van der Waals surface area contributed by atoms with Gasteiger partial charge in [-0.2, -0.15) is 10.2 Å². The maximum absolute atomic E-state index is 6.35. The van der Waals surface area contributed by atoms with Crippen LogP contribution in [0.4, 0.5) is 0 Å². The second kappa shape index (κ2) is 5.30. The Labute approximate surface area is 121 Å². The maximum Gasteiger partial charge on any atom is 0.193 e. The van der Waals surface area contributed by atoms with E-state index in [2.05, 4.69) is 22.1 Å². The van der Waals surface area contributed by atoms with Gasteiger partial charge in [0.05, 0.1) is 17.1 Å². The average molecular weight is 287 g/mol. The minimum atomic E-state index is -0.0937. The first kappa shape index (κ1) is 13.2. The van der Waals surface area contributed by atoms with Crippen molar-refractivity contribution in [2.45, 2.75) is 32.7 Å². The van der Waals surface area contributed by atoms with Crippen LogP contribution < -0.4 is 5.73 Å². The lowest BCUT2D eigenvalue weighted by Gasteiger charge is -2.14. The van der Waals surface area contributed by atoms with Gasteiger partial charge in [0, 0.05) is 30.2 Å². The summed E-state index contributed by atoms with van der Waals surface area (Å²) in [5.74, 6) is 0. The molecule has 3 aromatic heterocycles. The van der Waals surface area contributed by atoms with Gasteiger partial charge in [-0.05, 0) is 25.0 Å². The normalized spacial score (nSPS) is 12.9. The second-order valence-corrected chi connectivity index (χ2v) is 5.75. The van der Waals surface area contributed by atoms with Crippen LogP contribution in [0.25, 0.3) is 4.96 Å². The SMILES string of the molecule is CCc1nnc(C)cc1C(N)Cc1cn2ccsc2n1. The molecule has 0 aliphatic heterocycles. The number of aromatic nitrogens is 4. The Balaban J connectivity index is 1.87. The summed E-state index contributed by atoms with van der Waals surface area (Å²) in [6, 6.07) is 1.94. The van der Waals surface area contributed by atoms with Gasteiger partial charge < -0.3 is 5.73 Å². The maximum atomic E-state index is 6.35. The number of nitrogens with two attached hydrogens (primary N) is 1. The van der Waals surface area contributed by atoms with Crippen LogP contribution in [0.1, 0.15) is 35.6 Å². The molecule has 0 bridgehead atoms.